The van der Waals surface area contributed by atoms with Crippen LogP contribution >= 0.6 is 0 Å². The minimum Gasteiger partial charge on any atom is -0.289 e. The molecule has 1 aliphatic rings. The van der Waals surface area contributed by atoms with E-state index in [0.717, 1.165) is 22.3 Å². The third-order valence-electron chi connectivity index (χ3n) is 5.57. The molecule has 3 atom stereocenters. The fourth-order valence-corrected chi connectivity index (χ4v) is 4.03. The average Bonchev–Trinajstić information content (AvgIpc) is 3.35. The van der Waals surface area contributed by atoms with Gasteiger partial charge in [0.25, 0.3) is 5.91 Å². The van der Waals surface area contributed by atoms with Crippen LogP contribution < -0.4 is 5.48 Å². The Balaban J connectivity index is 1.67. The molecular formula is C22H21N3O2. The lowest BCUT2D eigenvalue weighted by Gasteiger charge is -2.09. The van der Waals surface area contributed by atoms with Gasteiger partial charge in [0.05, 0.1) is 5.41 Å². The maximum atomic E-state index is 12.4. The summed E-state index contributed by atoms with van der Waals surface area (Å²) in [6, 6.07) is 18.0. The van der Waals surface area contributed by atoms with Crippen molar-refractivity contribution in [2.75, 3.05) is 0 Å². The Morgan fingerprint density at radius 2 is 1.52 bits per heavy atom. The highest BCUT2D eigenvalue weighted by molar-refractivity contribution is 5.88. The van der Waals surface area contributed by atoms with E-state index >= 15 is 0 Å². The highest BCUT2D eigenvalue weighted by Crippen LogP contribution is 2.70. The zero-order valence-corrected chi connectivity index (χ0v) is 15.3. The van der Waals surface area contributed by atoms with E-state index in [0.29, 0.717) is 5.82 Å². The number of aryl methyl sites for hydroxylation is 1. The highest BCUT2D eigenvalue weighted by Gasteiger charge is 2.67. The van der Waals surface area contributed by atoms with E-state index in [1.165, 1.54) is 0 Å². The van der Waals surface area contributed by atoms with E-state index in [1.54, 1.807) is 12.4 Å². The molecule has 0 bridgehead atoms. The first-order valence-corrected chi connectivity index (χ1v) is 8.94. The number of rotatable bonds is 4. The molecule has 1 aromatic heterocycles. The Morgan fingerprint density at radius 3 is 2.07 bits per heavy atom. The van der Waals surface area contributed by atoms with Gasteiger partial charge >= 0.3 is 0 Å². The Morgan fingerprint density at radius 1 is 0.963 bits per heavy atom. The molecule has 1 heterocycles. The van der Waals surface area contributed by atoms with E-state index in [2.05, 4.69) is 9.97 Å². The van der Waals surface area contributed by atoms with Gasteiger partial charge < -0.3 is 0 Å². The molecule has 4 rings (SSSR count). The van der Waals surface area contributed by atoms with Gasteiger partial charge in [0.15, 0.2) is 5.82 Å². The van der Waals surface area contributed by atoms with E-state index < -0.39 is 5.41 Å². The number of amides is 1. The van der Waals surface area contributed by atoms with Crippen LogP contribution in [0.5, 0.6) is 0 Å². The molecule has 3 aromatic rings. The van der Waals surface area contributed by atoms with Gasteiger partial charge in [-0.2, -0.15) is 0 Å². The number of nitrogens with zero attached hydrogens (tertiary/aromatic N) is 2. The average molecular weight is 359 g/mol. The quantitative estimate of drug-likeness (QED) is 0.548. The number of carbonyl (C=O) groups excluding carboxylic acids is 1. The number of hydroxylamine groups is 1. The lowest BCUT2D eigenvalue weighted by Crippen LogP contribution is -2.29. The van der Waals surface area contributed by atoms with Crippen LogP contribution in [0.4, 0.5) is 0 Å². The van der Waals surface area contributed by atoms with Crippen LogP contribution in [0.1, 0.15) is 35.4 Å². The summed E-state index contributed by atoms with van der Waals surface area (Å²) in [5.41, 5.74) is 5.28. The predicted octanol–water partition coefficient (Wildman–Crippen LogP) is 3.84. The van der Waals surface area contributed by atoms with Gasteiger partial charge in [-0.25, -0.2) is 15.4 Å². The lowest BCUT2D eigenvalue weighted by molar-refractivity contribution is -0.134. The number of nitrogens with one attached hydrogen (secondary N) is 1. The van der Waals surface area contributed by atoms with Gasteiger partial charge in [-0.15, -0.1) is 0 Å². The summed E-state index contributed by atoms with van der Waals surface area (Å²) < 4.78 is 0. The summed E-state index contributed by atoms with van der Waals surface area (Å²) in [4.78, 5) is 21.1. The van der Waals surface area contributed by atoms with Gasteiger partial charge in [0.2, 0.25) is 0 Å². The smallest absolute Gasteiger partial charge is 0.250 e. The van der Waals surface area contributed by atoms with Gasteiger partial charge in [0.1, 0.15) is 0 Å². The molecule has 0 saturated heterocycles. The number of aromatic nitrogens is 2. The van der Waals surface area contributed by atoms with Crippen molar-refractivity contribution in [3.8, 4) is 11.4 Å². The maximum Gasteiger partial charge on any atom is 0.250 e. The molecule has 1 saturated carbocycles. The summed E-state index contributed by atoms with van der Waals surface area (Å²) in [6.45, 7) is 3.86. The van der Waals surface area contributed by atoms with E-state index in [4.69, 9.17) is 0 Å². The van der Waals surface area contributed by atoms with Crippen LogP contribution in [0.15, 0.2) is 67.0 Å². The number of hydrogen-bond donors (Lipinski definition) is 2. The van der Waals surface area contributed by atoms with E-state index in [-0.39, 0.29) is 17.7 Å². The molecule has 0 unspecified atom stereocenters. The minimum atomic E-state index is -0.683. The van der Waals surface area contributed by atoms with Crippen molar-refractivity contribution in [1.82, 2.24) is 15.4 Å². The summed E-state index contributed by atoms with van der Waals surface area (Å²) in [6.07, 6.45) is 3.59. The maximum absolute atomic E-state index is 12.4. The van der Waals surface area contributed by atoms with Crippen molar-refractivity contribution in [2.24, 2.45) is 5.41 Å². The third-order valence-corrected chi connectivity index (χ3v) is 5.57. The second-order valence-electron chi connectivity index (χ2n) is 7.30. The molecule has 2 aromatic carbocycles. The highest BCUT2D eigenvalue weighted by atomic mass is 16.5. The molecule has 0 spiro atoms. The van der Waals surface area contributed by atoms with Crippen LogP contribution in [0.3, 0.4) is 0 Å². The predicted molar refractivity (Wildman–Crippen MR) is 102 cm³/mol. The monoisotopic (exact) mass is 359 g/mol. The third kappa shape index (κ3) is 2.90. The van der Waals surface area contributed by atoms with Crippen molar-refractivity contribution in [3.05, 3.63) is 83.7 Å². The molecule has 0 radical (unpaired) electrons. The van der Waals surface area contributed by atoms with Crippen molar-refractivity contribution >= 4 is 5.91 Å². The Hall–Kier alpha value is -3.05. The lowest BCUT2D eigenvalue weighted by atomic mass is 9.99. The molecule has 5 heteroatoms. The van der Waals surface area contributed by atoms with Crippen molar-refractivity contribution in [3.63, 3.8) is 0 Å². The molecule has 1 fully saturated rings. The topological polar surface area (TPSA) is 75.1 Å². The minimum absolute atomic E-state index is 0.0000335. The van der Waals surface area contributed by atoms with Crippen LogP contribution in [0.2, 0.25) is 0 Å². The zero-order valence-electron chi connectivity index (χ0n) is 15.3. The van der Waals surface area contributed by atoms with Crippen LogP contribution in [0.25, 0.3) is 11.4 Å². The van der Waals surface area contributed by atoms with Gasteiger partial charge in [-0.3, -0.25) is 10.0 Å². The van der Waals surface area contributed by atoms with Crippen LogP contribution in [0, 0.1) is 12.3 Å². The molecular weight excluding hydrogens is 338 g/mol. The first-order chi connectivity index (χ1) is 13.1. The Labute approximate surface area is 158 Å². The number of carbonyl (C=O) groups is 1. The summed E-state index contributed by atoms with van der Waals surface area (Å²) in [5.74, 6) is 0.345. The van der Waals surface area contributed by atoms with Gasteiger partial charge in [-0.05, 0) is 30.5 Å². The summed E-state index contributed by atoms with van der Waals surface area (Å²) in [7, 11) is 0. The molecule has 1 aliphatic carbocycles. The molecule has 0 aliphatic heterocycles. The molecule has 27 heavy (non-hydrogen) atoms. The molecule has 1 amide bonds. The van der Waals surface area contributed by atoms with Crippen molar-refractivity contribution < 1.29 is 10.0 Å². The summed E-state index contributed by atoms with van der Waals surface area (Å²) >= 11 is 0. The zero-order chi connectivity index (χ0) is 19.0. The molecule has 5 nitrogen and oxygen atoms in total. The first-order valence-electron chi connectivity index (χ1n) is 8.94. The Bertz CT molecular complexity index is 955. The SMILES string of the molecule is Cc1cnc(-c2ccc([C@H]3[C@H](c4ccccc4)[C@]3(C)C(=O)NO)cc2)nc1. The summed E-state index contributed by atoms with van der Waals surface area (Å²) in [5, 5.41) is 9.24. The van der Waals surface area contributed by atoms with Crippen molar-refractivity contribution in [1.29, 1.82) is 0 Å². The van der Waals surface area contributed by atoms with Crippen molar-refractivity contribution in [2.45, 2.75) is 25.7 Å². The normalized spacial score (nSPS) is 23.7. The molecule has 136 valence electrons. The van der Waals surface area contributed by atoms with Crippen LogP contribution in [-0.2, 0) is 4.79 Å². The standard InChI is InChI=1S/C22H21N3O2/c1-14-12-23-20(24-13-14)17-10-8-16(9-11-17)19-18(15-6-4-3-5-7-15)22(19,2)21(26)25-27/h3-13,18-19,27H,1-2H3,(H,25,26)/t18-,19-,22-/m0/s1. The molecule has 2 N–H and O–H groups in total. The first kappa shape index (κ1) is 17.4. The van der Waals surface area contributed by atoms with E-state index in [1.807, 2.05) is 73.9 Å². The fraction of sp³-hybridized carbons (Fsp3) is 0.227. The van der Waals surface area contributed by atoms with Gasteiger partial charge in [-0.1, -0.05) is 54.6 Å². The van der Waals surface area contributed by atoms with Crippen LogP contribution in [-0.4, -0.2) is 21.1 Å². The largest absolute Gasteiger partial charge is 0.289 e. The van der Waals surface area contributed by atoms with Gasteiger partial charge in [0, 0.05) is 29.8 Å². The second kappa shape index (κ2) is 6.59. The second-order valence-corrected chi connectivity index (χ2v) is 7.30. The van der Waals surface area contributed by atoms with E-state index in [9.17, 15) is 10.0 Å². The number of hydrogen-bond acceptors (Lipinski definition) is 4. The Kier molecular flexibility index (Phi) is 4.24. The fourth-order valence-electron chi connectivity index (χ4n) is 4.03. The number of benzene rings is 2.